The molecule has 2 bridgehead atoms. The van der Waals surface area contributed by atoms with Crippen molar-refractivity contribution in [3.63, 3.8) is 0 Å². The van der Waals surface area contributed by atoms with Crippen LogP contribution in [-0.2, 0) is 42.4 Å². The van der Waals surface area contributed by atoms with Gasteiger partial charge in [-0.2, -0.15) is 5.10 Å². The van der Waals surface area contributed by atoms with Crippen LogP contribution >= 0.6 is 0 Å². The molecule has 1 aromatic heterocycles. The zero-order chi connectivity index (χ0) is 23.0. The number of aryl methyl sites for hydroxylation is 3. The second-order valence-electron chi connectivity index (χ2n) is 8.51. The number of ether oxygens (including phenoxy) is 2. The second kappa shape index (κ2) is 11.1. The Morgan fingerprint density at radius 1 is 1.06 bits per heavy atom. The molecule has 0 N–H and O–H groups in total. The van der Waals surface area contributed by atoms with Gasteiger partial charge in [0.15, 0.2) is 0 Å². The number of carbonyl (C=O) groups excluding carboxylic acids is 1. The number of hydrogen-bond donors (Lipinski definition) is 0. The van der Waals surface area contributed by atoms with Crippen LogP contribution < -0.4 is 4.74 Å². The van der Waals surface area contributed by atoms with Crippen LogP contribution in [0.5, 0.6) is 5.75 Å². The lowest BCUT2D eigenvalue weighted by atomic mass is 9.99. The lowest BCUT2D eigenvalue weighted by molar-refractivity contribution is -0.132. The molecule has 0 saturated carbocycles. The van der Waals surface area contributed by atoms with Gasteiger partial charge in [-0.1, -0.05) is 43.3 Å². The average molecular weight is 448 g/mol. The normalized spacial score (nSPS) is 14.8. The van der Waals surface area contributed by atoms with Crippen LogP contribution in [0.25, 0.3) is 0 Å². The Kier molecular flexibility index (Phi) is 7.79. The van der Waals surface area contributed by atoms with Crippen molar-refractivity contribution in [3.8, 4) is 5.75 Å². The van der Waals surface area contributed by atoms with Gasteiger partial charge < -0.3 is 14.4 Å². The van der Waals surface area contributed by atoms with E-state index in [9.17, 15) is 4.79 Å². The minimum atomic E-state index is 0.131. The molecular formula is C27H33N3O3. The highest BCUT2D eigenvalue weighted by Crippen LogP contribution is 2.25. The van der Waals surface area contributed by atoms with Gasteiger partial charge in [0.1, 0.15) is 12.4 Å². The SMILES string of the molecule is CCc1ccc2c(c1)Cc1cccc(c1)CN(C(=O)CCc1ccnn1C)CCOCCO2. The maximum atomic E-state index is 13.1. The van der Waals surface area contributed by atoms with E-state index in [4.69, 9.17) is 9.47 Å². The average Bonchev–Trinajstić information content (AvgIpc) is 3.24. The van der Waals surface area contributed by atoms with Crippen molar-refractivity contribution in [1.29, 1.82) is 0 Å². The lowest BCUT2D eigenvalue weighted by Crippen LogP contribution is -2.34. The number of nitrogens with zero attached hydrogens (tertiary/aromatic N) is 3. The number of rotatable bonds is 4. The topological polar surface area (TPSA) is 56.6 Å². The summed E-state index contributed by atoms with van der Waals surface area (Å²) in [5.74, 6) is 1.05. The van der Waals surface area contributed by atoms with Gasteiger partial charge in [-0.3, -0.25) is 9.48 Å². The molecule has 0 spiro atoms. The van der Waals surface area contributed by atoms with Crippen molar-refractivity contribution < 1.29 is 14.3 Å². The van der Waals surface area contributed by atoms with Gasteiger partial charge in [-0.15, -0.1) is 0 Å². The molecule has 33 heavy (non-hydrogen) atoms. The summed E-state index contributed by atoms with van der Waals surface area (Å²) < 4.78 is 13.7. The van der Waals surface area contributed by atoms with Crippen LogP contribution in [0.4, 0.5) is 0 Å². The van der Waals surface area contributed by atoms with Crippen LogP contribution in [0.3, 0.4) is 0 Å². The molecular weight excluding hydrogens is 414 g/mol. The van der Waals surface area contributed by atoms with Crippen molar-refractivity contribution in [3.05, 3.63) is 82.7 Å². The van der Waals surface area contributed by atoms with E-state index >= 15 is 0 Å². The first-order valence-electron chi connectivity index (χ1n) is 11.8. The molecule has 2 aromatic carbocycles. The van der Waals surface area contributed by atoms with E-state index in [0.29, 0.717) is 45.8 Å². The van der Waals surface area contributed by atoms with E-state index in [1.165, 1.54) is 16.7 Å². The molecule has 4 rings (SSSR count). The molecule has 2 heterocycles. The minimum absolute atomic E-state index is 0.131. The van der Waals surface area contributed by atoms with Crippen LogP contribution in [-0.4, -0.2) is 47.0 Å². The van der Waals surface area contributed by atoms with Gasteiger partial charge in [-0.25, -0.2) is 0 Å². The highest BCUT2D eigenvalue weighted by molar-refractivity contribution is 5.76. The number of carbonyl (C=O) groups is 1. The molecule has 1 aliphatic rings. The molecule has 6 heteroatoms. The van der Waals surface area contributed by atoms with Gasteiger partial charge in [0.2, 0.25) is 5.91 Å². The molecule has 0 unspecified atom stereocenters. The number of amides is 1. The fraction of sp³-hybridized carbons (Fsp3) is 0.407. The summed E-state index contributed by atoms with van der Waals surface area (Å²) in [6.07, 6.45) is 4.69. The zero-order valence-electron chi connectivity index (χ0n) is 19.6. The number of hydrogen-bond acceptors (Lipinski definition) is 4. The number of aromatic nitrogens is 2. The molecule has 174 valence electrons. The van der Waals surface area contributed by atoms with Crippen molar-refractivity contribution in [2.45, 2.75) is 39.2 Å². The largest absolute Gasteiger partial charge is 0.491 e. The smallest absolute Gasteiger partial charge is 0.223 e. The lowest BCUT2D eigenvalue weighted by Gasteiger charge is -2.24. The quantitative estimate of drug-likeness (QED) is 0.608. The molecule has 1 aliphatic heterocycles. The van der Waals surface area contributed by atoms with Crippen LogP contribution in [0, 0.1) is 0 Å². The summed E-state index contributed by atoms with van der Waals surface area (Å²) in [5.41, 5.74) is 5.91. The molecule has 0 fully saturated rings. The molecule has 0 radical (unpaired) electrons. The molecule has 0 aliphatic carbocycles. The fourth-order valence-corrected chi connectivity index (χ4v) is 4.23. The Balaban J connectivity index is 1.53. The zero-order valence-corrected chi connectivity index (χ0v) is 19.6. The Hall–Kier alpha value is -3.12. The van der Waals surface area contributed by atoms with E-state index in [1.807, 2.05) is 22.7 Å². The maximum absolute atomic E-state index is 13.1. The summed E-state index contributed by atoms with van der Waals surface area (Å²) in [6.45, 7) is 4.79. The summed E-state index contributed by atoms with van der Waals surface area (Å²) in [6, 6.07) is 16.9. The van der Waals surface area contributed by atoms with Crippen molar-refractivity contribution in [1.82, 2.24) is 14.7 Å². The van der Waals surface area contributed by atoms with Gasteiger partial charge in [0.25, 0.3) is 0 Å². The Morgan fingerprint density at radius 2 is 1.94 bits per heavy atom. The summed E-state index contributed by atoms with van der Waals surface area (Å²) in [5, 5.41) is 4.20. The third kappa shape index (κ3) is 6.23. The first-order valence-corrected chi connectivity index (χ1v) is 11.8. The van der Waals surface area contributed by atoms with Crippen molar-refractivity contribution in [2.75, 3.05) is 26.4 Å². The van der Waals surface area contributed by atoms with Crippen molar-refractivity contribution in [2.24, 2.45) is 7.05 Å². The molecule has 0 saturated heterocycles. The number of fused-ring (bicyclic) bond motifs is 3. The highest BCUT2D eigenvalue weighted by Gasteiger charge is 2.16. The third-order valence-electron chi connectivity index (χ3n) is 6.15. The van der Waals surface area contributed by atoms with Gasteiger partial charge in [0.05, 0.1) is 13.2 Å². The Labute approximate surface area is 196 Å². The molecule has 6 nitrogen and oxygen atoms in total. The van der Waals surface area contributed by atoms with Crippen LogP contribution in [0.15, 0.2) is 54.7 Å². The molecule has 0 atom stereocenters. The van der Waals surface area contributed by atoms with E-state index in [1.54, 1.807) is 6.20 Å². The second-order valence-corrected chi connectivity index (χ2v) is 8.51. The minimum Gasteiger partial charge on any atom is -0.491 e. The van der Waals surface area contributed by atoms with E-state index in [2.05, 4.69) is 54.5 Å². The Morgan fingerprint density at radius 3 is 2.76 bits per heavy atom. The predicted octanol–water partition coefficient (Wildman–Crippen LogP) is 3.94. The Bertz CT molecular complexity index is 1080. The standard InChI is InChI=1S/C27H33N3O3/c1-3-21-7-9-26-24(18-21)19-22-5-4-6-23(17-22)20-30(13-14-32-15-16-33-26)27(31)10-8-25-11-12-28-29(25)2/h4-7,9,11-12,17-18H,3,8,10,13-16,19-20H2,1-2H3. The van der Waals surface area contributed by atoms with E-state index < -0.39 is 0 Å². The van der Waals surface area contributed by atoms with Gasteiger partial charge >= 0.3 is 0 Å². The summed E-state index contributed by atoms with van der Waals surface area (Å²) in [4.78, 5) is 15.0. The summed E-state index contributed by atoms with van der Waals surface area (Å²) >= 11 is 0. The monoisotopic (exact) mass is 447 g/mol. The first-order chi connectivity index (χ1) is 16.1. The van der Waals surface area contributed by atoms with Crippen LogP contribution in [0.2, 0.25) is 0 Å². The van der Waals surface area contributed by atoms with Gasteiger partial charge in [-0.05, 0) is 47.2 Å². The maximum Gasteiger partial charge on any atom is 0.223 e. The van der Waals surface area contributed by atoms with Crippen LogP contribution in [0.1, 0.15) is 41.3 Å². The molecule has 3 aromatic rings. The fourth-order valence-electron chi connectivity index (χ4n) is 4.23. The third-order valence-corrected chi connectivity index (χ3v) is 6.15. The highest BCUT2D eigenvalue weighted by atomic mass is 16.5. The van der Waals surface area contributed by atoms with Gasteiger partial charge in [0, 0.05) is 44.9 Å². The van der Waals surface area contributed by atoms with Crippen molar-refractivity contribution >= 4 is 5.91 Å². The number of benzene rings is 2. The van der Waals surface area contributed by atoms with E-state index in [0.717, 1.165) is 29.8 Å². The van der Waals surface area contributed by atoms with E-state index in [-0.39, 0.29) is 5.91 Å². The first kappa shape index (κ1) is 23.1. The molecule has 1 amide bonds. The summed E-state index contributed by atoms with van der Waals surface area (Å²) in [7, 11) is 1.91. The predicted molar refractivity (Wildman–Crippen MR) is 128 cm³/mol.